The topological polar surface area (TPSA) is 80.0 Å². The van der Waals surface area contributed by atoms with Gasteiger partial charge in [0.1, 0.15) is 0 Å². The van der Waals surface area contributed by atoms with Gasteiger partial charge in [0.05, 0.1) is 31.1 Å². The zero-order valence-electron chi connectivity index (χ0n) is 16.9. The summed E-state index contributed by atoms with van der Waals surface area (Å²) < 4.78 is 11.4. The molecule has 0 radical (unpaired) electrons. The minimum absolute atomic E-state index is 0.0765. The Labute approximate surface area is 162 Å². The van der Waals surface area contributed by atoms with Crippen LogP contribution in [-0.2, 0) is 15.9 Å². The molecule has 0 amide bonds. The van der Waals surface area contributed by atoms with Crippen molar-refractivity contribution in [2.75, 3.05) is 37.7 Å². The van der Waals surface area contributed by atoms with Crippen molar-refractivity contribution in [3.05, 3.63) is 35.5 Å². The maximum Gasteiger partial charge on any atom is 0.174 e. The van der Waals surface area contributed by atoms with E-state index in [-0.39, 0.29) is 11.7 Å². The Morgan fingerprint density at radius 3 is 2.56 bits per heavy atom. The predicted octanol–water partition coefficient (Wildman–Crippen LogP) is 2.07. The van der Waals surface area contributed by atoms with E-state index in [2.05, 4.69) is 49.2 Å². The highest BCUT2D eigenvalue weighted by atomic mass is 16.7. The molecular formula is C21H33N3O3. The number of nitrogens with one attached hydrogen (secondary N) is 1. The monoisotopic (exact) mass is 375 g/mol. The molecule has 0 unspecified atom stereocenters. The molecule has 6 nitrogen and oxygen atoms in total. The molecule has 6 heteroatoms. The van der Waals surface area contributed by atoms with Crippen LogP contribution in [0.5, 0.6) is 0 Å². The molecule has 2 aliphatic heterocycles. The number of nitrogens with zero attached hydrogens (tertiary/aromatic N) is 1. The van der Waals surface area contributed by atoms with Crippen LogP contribution in [0, 0.1) is 5.41 Å². The first-order valence-electron chi connectivity index (χ1n) is 9.72. The molecule has 2 aliphatic rings. The second kappa shape index (κ2) is 7.70. The molecule has 0 saturated carbocycles. The molecule has 2 saturated heterocycles. The van der Waals surface area contributed by atoms with E-state index in [1.54, 1.807) is 0 Å². The molecule has 0 aromatic heterocycles. The van der Waals surface area contributed by atoms with Crippen molar-refractivity contribution in [1.29, 1.82) is 0 Å². The average Bonchev–Trinajstić information content (AvgIpc) is 2.60. The molecule has 0 atom stereocenters. The first-order chi connectivity index (χ1) is 12.7. The number of aliphatic hydroxyl groups is 1. The van der Waals surface area contributed by atoms with Crippen LogP contribution >= 0.6 is 0 Å². The Kier molecular flexibility index (Phi) is 5.70. The summed E-state index contributed by atoms with van der Waals surface area (Å²) in [5.41, 5.74) is 9.87. The summed E-state index contributed by atoms with van der Waals surface area (Å²) in [6.45, 7) is 11.6. The van der Waals surface area contributed by atoms with E-state index in [1.807, 2.05) is 13.1 Å². The van der Waals surface area contributed by atoms with Crippen LogP contribution in [0.3, 0.4) is 0 Å². The molecule has 0 spiro atoms. The van der Waals surface area contributed by atoms with Gasteiger partial charge in [0.25, 0.3) is 0 Å². The fraction of sp³-hybridized carbons (Fsp3) is 0.619. The largest absolute Gasteiger partial charge is 0.397 e. The summed E-state index contributed by atoms with van der Waals surface area (Å²) in [6, 6.07) is 6.30. The van der Waals surface area contributed by atoms with Crippen LogP contribution in [0.4, 0.5) is 5.69 Å². The number of nitrogens with two attached hydrogens (primary N) is 1. The predicted molar refractivity (Wildman–Crippen MR) is 108 cm³/mol. The van der Waals surface area contributed by atoms with Gasteiger partial charge in [-0.15, -0.1) is 0 Å². The van der Waals surface area contributed by atoms with Gasteiger partial charge in [-0.1, -0.05) is 26.8 Å². The Morgan fingerprint density at radius 2 is 1.96 bits per heavy atom. The number of rotatable bonds is 6. The summed E-state index contributed by atoms with van der Waals surface area (Å²) in [5, 5.41) is 13.2. The Morgan fingerprint density at radius 1 is 1.30 bits per heavy atom. The second-order valence-electron chi connectivity index (χ2n) is 8.77. The summed E-state index contributed by atoms with van der Waals surface area (Å²) in [4.78, 5) is 2.18. The zero-order valence-corrected chi connectivity index (χ0v) is 16.9. The fourth-order valence-electron chi connectivity index (χ4n) is 3.50. The van der Waals surface area contributed by atoms with E-state index >= 15 is 0 Å². The second-order valence-corrected chi connectivity index (χ2v) is 8.77. The van der Waals surface area contributed by atoms with Gasteiger partial charge >= 0.3 is 0 Å². The van der Waals surface area contributed by atoms with E-state index in [1.165, 1.54) is 5.56 Å². The number of β-amino-alcohol motifs (C(OH)–C–C–N with tert-alkyl or cyclic N) is 1. The van der Waals surface area contributed by atoms with Crippen LogP contribution in [0.25, 0.3) is 5.70 Å². The number of hydrogen-bond acceptors (Lipinski definition) is 6. The lowest BCUT2D eigenvalue weighted by atomic mass is 9.94. The summed E-state index contributed by atoms with van der Waals surface area (Å²) >= 11 is 0. The normalized spacial score (nSPS) is 22.4. The molecule has 27 heavy (non-hydrogen) atoms. The Hall–Kier alpha value is -1.76. The van der Waals surface area contributed by atoms with Gasteiger partial charge in [-0.2, -0.15) is 0 Å². The highest BCUT2D eigenvalue weighted by Gasteiger charge is 2.36. The van der Waals surface area contributed by atoms with E-state index < -0.39 is 5.60 Å². The van der Waals surface area contributed by atoms with Gasteiger partial charge in [-0.3, -0.25) is 0 Å². The molecular weight excluding hydrogens is 342 g/mol. The van der Waals surface area contributed by atoms with Crippen molar-refractivity contribution in [2.24, 2.45) is 11.1 Å². The Bertz CT molecular complexity index is 682. The van der Waals surface area contributed by atoms with Gasteiger partial charge in [0.2, 0.25) is 0 Å². The quantitative estimate of drug-likeness (QED) is 0.706. The molecule has 0 aliphatic carbocycles. The minimum Gasteiger partial charge on any atom is -0.397 e. The van der Waals surface area contributed by atoms with E-state index in [0.717, 1.165) is 17.7 Å². The Balaban J connectivity index is 1.59. The molecule has 2 fully saturated rings. The number of hydrogen-bond donors (Lipinski definition) is 3. The molecule has 150 valence electrons. The number of anilines is 1. The van der Waals surface area contributed by atoms with Gasteiger partial charge in [0.15, 0.2) is 6.29 Å². The van der Waals surface area contributed by atoms with Gasteiger partial charge in [0, 0.05) is 36.0 Å². The van der Waals surface area contributed by atoms with Gasteiger partial charge < -0.3 is 30.5 Å². The lowest BCUT2D eigenvalue weighted by molar-refractivity contribution is -0.217. The lowest BCUT2D eigenvalue weighted by Crippen LogP contribution is -2.60. The highest BCUT2D eigenvalue weighted by molar-refractivity contribution is 5.69. The van der Waals surface area contributed by atoms with Crippen molar-refractivity contribution in [1.82, 2.24) is 5.32 Å². The van der Waals surface area contributed by atoms with E-state index in [0.29, 0.717) is 38.5 Å². The standard InChI is InChI=1S/C21H33N3O3/c1-5-15-8-16(24-11-21(4,25)12-24)6-7-17(15)18(22)9-23-10-19-26-13-20(2,3)14-27-19/h6-9,19,23,25H,5,10-14,22H2,1-4H3/b18-9-. The van der Waals surface area contributed by atoms with Crippen molar-refractivity contribution in [3.8, 4) is 0 Å². The number of ether oxygens (including phenoxy) is 2. The van der Waals surface area contributed by atoms with Crippen LogP contribution in [0.15, 0.2) is 24.4 Å². The van der Waals surface area contributed by atoms with Crippen molar-refractivity contribution >= 4 is 11.4 Å². The highest BCUT2D eigenvalue weighted by Crippen LogP contribution is 2.30. The zero-order chi connectivity index (χ0) is 19.7. The lowest BCUT2D eigenvalue weighted by Gasteiger charge is -2.46. The molecule has 0 bridgehead atoms. The summed E-state index contributed by atoms with van der Waals surface area (Å²) in [6.07, 6.45) is 2.48. The summed E-state index contributed by atoms with van der Waals surface area (Å²) in [5.74, 6) is 0. The summed E-state index contributed by atoms with van der Waals surface area (Å²) in [7, 11) is 0. The smallest absolute Gasteiger partial charge is 0.174 e. The van der Waals surface area contributed by atoms with Crippen molar-refractivity contribution in [2.45, 2.75) is 46.0 Å². The third kappa shape index (κ3) is 4.94. The molecule has 4 N–H and O–H groups in total. The van der Waals surface area contributed by atoms with Gasteiger partial charge in [-0.05, 0) is 31.0 Å². The average molecular weight is 376 g/mol. The SMILES string of the molecule is CCc1cc(N2CC(C)(O)C2)ccc1/C(N)=C/NCC1OCC(C)(C)CO1. The first-order valence-corrected chi connectivity index (χ1v) is 9.72. The maximum absolute atomic E-state index is 9.95. The minimum atomic E-state index is -0.577. The van der Waals surface area contributed by atoms with Crippen LogP contribution in [0.2, 0.25) is 0 Å². The van der Waals surface area contributed by atoms with Gasteiger partial charge in [-0.25, -0.2) is 0 Å². The molecule has 3 rings (SSSR count). The van der Waals surface area contributed by atoms with Crippen LogP contribution < -0.4 is 16.0 Å². The molecule has 1 aromatic carbocycles. The number of benzene rings is 1. The fourth-order valence-corrected chi connectivity index (χ4v) is 3.50. The van der Waals surface area contributed by atoms with Crippen molar-refractivity contribution < 1.29 is 14.6 Å². The number of aryl methyl sites for hydroxylation is 1. The third-order valence-electron chi connectivity index (χ3n) is 5.07. The van der Waals surface area contributed by atoms with Crippen molar-refractivity contribution in [3.63, 3.8) is 0 Å². The van der Waals surface area contributed by atoms with E-state index in [9.17, 15) is 5.11 Å². The third-order valence-corrected chi connectivity index (χ3v) is 5.07. The maximum atomic E-state index is 9.95. The van der Waals surface area contributed by atoms with Crippen LogP contribution in [0.1, 0.15) is 38.8 Å². The molecule has 2 heterocycles. The first kappa shape index (κ1) is 20.0. The molecule has 1 aromatic rings. The van der Waals surface area contributed by atoms with Crippen LogP contribution in [-0.4, -0.2) is 49.8 Å². The van der Waals surface area contributed by atoms with E-state index in [4.69, 9.17) is 15.2 Å².